The monoisotopic (exact) mass is 185 g/mol. The Morgan fingerprint density at radius 1 is 0.923 bits per heavy atom. The second kappa shape index (κ2) is 8.55. The van der Waals surface area contributed by atoms with Crippen molar-refractivity contribution in [3.8, 4) is 0 Å². The van der Waals surface area contributed by atoms with Crippen LogP contribution in [-0.2, 0) is 0 Å². The van der Waals surface area contributed by atoms with Crippen LogP contribution in [0.25, 0.3) is 0 Å². The fourth-order valence-electron chi connectivity index (χ4n) is 1.65. The van der Waals surface area contributed by atoms with E-state index < -0.39 is 0 Å². The maximum Gasteiger partial charge on any atom is 0.00387 e. The molecule has 0 aromatic heterocycles. The molecule has 0 aromatic rings. The Labute approximate surface area is 84.1 Å². The van der Waals surface area contributed by atoms with Crippen molar-refractivity contribution < 1.29 is 0 Å². The van der Waals surface area contributed by atoms with Crippen molar-refractivity contribution in [2.24, 2.45) is 11.7 Å². The zero-order chi connectivity index (χ0) is 10.1. The molecule has 1 heteroatoms. The van der Waals surface area contributed by atoms with Gasteiger partial charge in [0, 0.05) is 6.04 Å². The normalized spacial score (nSPS) is 13.6. The highest BCUT2D eigenvalue weighted by molar-refractivity contribution is 4.60. The van der Waals surface area contributed by atoms with E-state index in [2.05, 4.69) is 20.8 Å². The molecular weight excluding hydrogens is 158 g/mol. The van der Waals surface area contributed by atoms with Crippen molar-refractivity contribution >= 4 is 0 Å². The predicted molar refractivity (Wildman–Crippen MR) is 60.8 cm³/mol. The minimum atomic E-state index is 0.462. The number of unbranched alkanes of at least 4 members (excludes halogenated alkanes) is 2. The average molecular weight is 185 g/mol. The van der Waals surface area contributed by atoms with Gasteiger partial charge in [0.2, 0.25) is 0 Å². The van der Waals surface area contributed by atoms with Gasteiger partial charge in [-0.3, -0.25) is 0 Å². The zero-order valence-electron chi connectivity index (χ0n) is 9.68. The van der Waals surface area contributed by atoms with E-state index >= 15 is 0 Å². The average Bonchev–Trinajstić information content (AvgIpc) is 2.03. The summed E-state index contributed by atoms with van der Waals surface area (Å²) >= 11 is 0. The molecule has 0 heterocycles. The van der Waals surface area contributed by atoms with Gasteiger partial charge in [0.25, 0.3) is 0 Å². The van der Waals surface area contributed by atoms with Crippen LogP contribution < -0.4 is 5.73 Å². The molecule has 0 fully saturated rings. The summed E-state index contributed by atoms with van der Waals surface area (Å²) in [5.74, 6) is 0.865. The van der Waals surface area contributed by atoms with Gasteiger partial charge < -0.3 is 5.73 Å². The number of rotatable bonds is 8. The van der Waals surface area contributed by atoms with Gasteiger partial charge in [-0.2, -0.15) is 0 Å². The van der Waals surface area contributed by atoms with E-state index in [1.807, 2.05) is 0 Å². The van der Waals surface area contributed by atoms with Crippen LogP contribution >= 0.6 is 0 Å². The Balaban J connectivity index is 3.06. The summed E-state index contributed by atoms with van der Waals surface area (Å²) in [4.78, 5) is 0. The van der Waals surface area contributed by atoms with Crippen molar-refractivity contribution in [1.82, 2.24) is 0 Å². The molecule has 2 N–H and O–H groups in total. The maximum atomic E-state index is 5.93. The summed E-state index contributed by atoms with van der Waals surface area (Å²) in [6, 6.07) is 0.462. The first-order valence-electron chi connectivity index (χ1n) is 5.92. The van der Waals surface area contributed by atoms with E-state index in [4.69, 9.17) is 5.73 Å². The van der Waals surface area contributed by atoms with Crippen LogP contribution in [0.5, 0.6) is 0 Å². The highest BCUT2D eigenvalue weighted by Crippen LogP contribution is 2.11. The van der Waals surface area contributed by atoms with Crippen LogP contribution in [-0.4, -0.2) is 6.04 Å². The Kier molecular flexibility index (Phi) is 8.53. The van der Waals surface area contributed by atoms with Gasteiger partial charge in [0.1, 0.15) is 0 Å². The lowest BCUT2D eigenvalue weighted by molar-refractivity contribution is 0.485. The molecule has 0 rings (SSSR count). The van der Waals surface area contributed by atoms with Crippen molar-refractivity contribution in [2.45, 2.75) is 71.8 Å². The fourth-order valence-corrected chi connectivity index (χ4v) is 1.65. The van der Waals surface area contributed by atoms with E-state index in [0.29, 0.717) is 6.04 Å². The third-order valence-electron chi connectivity index (χ3n) is 2.52. The van der Waals surface area contributed by atoms with E-state index in [1.165, 1.54) is 44.9 Å². The molecule has 1 unspecified atom stereocenters. The fraction of sp³-hybridized carbons (Fsp3) is 1.00. The van der Waals surface area contributed by atoms with Crippen molar-refractivity contribution in [1.29, 1.82) is 0 Å². The molecule has 0 saturated heterocycles. The van der Waals surface area contributed by atoms with Crippen molar-refractivity contribution in [3.63, 3.8) is 0 Å². The number of nitrogens with two attached hydrogens (primary N) is 1. The molecule has 1 nitrogen and oxygen atoms in total. The van der Waals surface area contributed by atoms with Crippen LogP contribution in [0, 0.1) is 5.92 Å². The lowest BCUT2D eigenvalue weighted by atomic mass is 10.0. The molecule has 0 aromatic carbocycles. The van der Waals surface area contributed by atoms with Gasteiger partial charge in [-0.25, -0.2) is 0 Å². The lowest BCUT2D eigenvalue weighted by Crippen LogP contribution is -2.18. The van der Waals surface area contributed by atoms with Gasteiger partial charge >= 0.3 is 0 Å². The smallest absolute Gasteiger partial charge is 0.00387 e. The summed E-state index contributed by atoms with van der Waals surface area (Å²) in [6.07, 6.45) is 9.12. The Morgan fingerprint density at radius 3 is 2.08 bits per heavy atom. The number of hydrogen-bond acceptors (Lipinski definition) is 1. The van der Waals surface area contributed by atoms with E-state index in [1.54, 1.807) is 0 Å². The van der Waals surface area contributed by atoms with Crippen molar-refractivity contribution in [2.75, 3.05) is 0 Å². The van der Waals surface area contributed by atoms with Gasteiger partial charge in [-0.15, -0.1) is 0 Å². The quantitative estimate of drug-likeness (QED) is 0.573. The van der Waals surface area contributed by atoms with E-state index in [9.17, 15) is 0 Å². The third kappa shape index (κ3) is 9.88. The van der Waals surface area contributed by atoms with Crippen LogP contribution in [0.3, 0.4) is 0 Å². The van der Waals surface area contributed by atoms with Crippen molar-refractivity contribution in [3.05, 3.63) is 0 Å². The van der Waals surface area contributed by atoms with E-state index in [0.717, 1.165) is 5.92 Å². The zero-order valence-corrected chi connectivity index (χ0v) is 9.68. The van der Waals surface area contributed by atoms with Crippen LogP contribution in [0.4, 0.5) is 0 Å². The molecule has 80 valence electrons. The third-order valence-corrected chi connectivity index (χ3v) is 2.52. The van der Waals surface area contributed by atoms with Gasteiger partial charge in [0.15, 0.2) is 0 Å². The summed E-state index contributed by atoms with van der Waals surface area (Å²) in [7, 11) is 0. The number of hydrogen-bond donors (Lipinski definition) is 1. The molecule has 0 amide bonds. The lowest BCUT2D eigenvalue weighted by Gasteiger charge is -2.09. The van der Waals surface area contributed by atoms with Crippen LogP contribution in [0.15, 0.2) is 0 Å². The minimum Gasteiger partial charge on any atom is -0.328 e. The van der Waals surface area contributed by atoms with Gasteiger partial charge in [0.05, 0.1) is 0 Å². The first-order valence-corrected chi connectivity index (χ1v) is 5.92. The first-order chi connectivity index (χ1) is 6.16. The highest BCUT2D eigenvalue weighted by atomic mass is 14.6. The summed E-state index contributed by atoms with van der Waals surface area (Å²) in [6.45, 7) is 6.80. The molecule has 13 heavy (non-hydrogen) atoms. The SMILES string of the molecule is CCCC(N)CCCCCC(C)C. The predicted octanol–water partition coefficient (Wildman–Crippen LogP) is 3.72. The molecule has 0 aliphatic carbocycles. The standard InChI is InChI=1S/C12H27N/c1-4-8-12(13)10-7-5-6-9-11(2)3/h11-12H,4-10,13H2,1-3H3. The molecular formula is C12H27N. The Bertz CT molecular complexity index is 99.3. The largest absolute Gasteiger partial charge is 0.328 e. The Morgan fingerprint density at radius 2 is 1.54 bits per heavy atom. The van der Waals surface area contributed by atoms with Gasteiger partial charge in [-0.1, -0.05) is 52.9 Å². The molecule has 0 spiro atoms. The van der Waals surface area contributed by atoms with Crippen LogP contribution in [0.1, 0.15) is 65.7 Å². The summed E-state index contributed by atoms with van der Waals surface area (Å²) < 4.78 is 0. The first kappa shape index (κ1) is 13.0. The minimum absolute atomic E-state index is 0.462. The molecule has 0 aliphatic rings. The molecule has 0 aliphatic heterocycles. The second-order valence-electron chi connectivity index (χ2n) is 4.58. The second-order valence-corrected chi connectivity index (χ2v) is 4.58. The Hall–Kier alpha value is -0.0400. The molecule has 0 bridgehead atoms. The molecule has 1 atom stereocenters. The summed E-state index contributed by atoms with van der Waals surface area (Å²) in [5.41, 5.74) is 5.93. The van der Waals surface area contributed by atoms with Gasteiger partial charge in [-0.05, 0) is 18.8 Å². The highest BCUT2D eigenvalue weighted by Gasteiger charge is 2.00. The van der Waals surface area contributed by atoms with E-state index in [-0.39, 0.29) is 0 Å². The van der Waals surface area contributed by atoms with Crippen LogP contribution in [0.2, 0.25) is 0 Å². The summed E-state index contributed by atoms with van der Waals surface area (Å²) in [5, 5.41) is 0. The topological polar surface area (TPSA) is 26.0 Å². The molecule has 0 saturated carbocycles. The maximum absolute atomic E-state index is 5.93. The molecule has 0 radical (unpaired) electrons.